The first kappa shape index (κ1) is 26.5. The Hall–Kier alpha value is -3.07. The van der Waals surface area contributed by atoms with Crippen LogP contribution in [0.15, 0.2) is 96.2 Å². The zero-order valence-corrected chi connectivity index (χ0v) is 19.9. The standard InChI is InChI=1S/C28H33NO6/c1-32-29-25(17-30)27(34-19-23-13-7-3-8-14-23)28(35-20-24-15-9-4-10-16-24)26(31)21-33-18-22-11-5-2-6-12-22/h2-16,26-28,30-31H,17-21H2,1H3/b29-25-. The molecule has 3 unspecified atom stereocenters. The number of benzene rings is 3. The summed E-state index contributed by atoms with van der Waals surface area (Å²) in [5.41, 5.74) is 3.08. The molecule has 3 aromatic rings. The minimum atomic E-state index is -1.06. The van der Waals surface area contributed by atoms with Gasteiger partial charge in [0, 0.05) is 0 Å². The van der Waals surface area contributed by atoms with E-state index in [1.165, 1.54) is 7.11 Å². The number of oxime groups is 1. The van der Waals surface area contributed by atoms with Gasteiger partial charge in [0.15, 0.2) is 0 Å². The molecule has 7 heteroatoms. The summed E-state index contributed by atoms with van der Waals surface area (Å²) in [7, 11) is 1.39. The van der Waals surface area contributed by atoms with Crippen molar-refractivity contribution in [1.29, 1.82) is 0 Å². The minimum Gasteiger partial charge on any atom is -0.399 e. The van der Waals surface area contributed by atoms with Crippen LogP contribution in [0.1, 0.15) is 16.7 Å². The van der Waals surface area contributed by atoms with Crippen LogP contribution in [0.4, 0.5) is 0 Å². The largest absolute Gasteiger partial charge is 0.399 e. The topological polar surface area (TPSA) is 89.7 Å². The first-order chi connectivity index (χ1) is 17.2. The van der Waals surface area contributed by atoms with Crippen LogP contribution in [0.25, 0.3) is 0 Å². The molecule has 0 saturated carbocycles. The third-order valence-electron chi connectivity index (χ3n) is 5.33. The summed E-state index contributed by atoms with van der Waals surface area (Å²) in [5.74, 6) is 0. The van der Waals surface area contributed by atoms with E-state index in [4.69, 9.17) is 19.0 Å². The van der Waals surface area contributed by atoms with Gasteiger partial charge >= 0.3 is 0 Å². The molecule has 0 heterocycles. The lowest BCUT2D eigenvalue weighted by atomic mass is 10.0. The van der Waals surface area contributed by atoms with E-state index in [1.54, 1.807) is 0 Å². The maximum atomic E-state index is 11.1. The van der Waals surface area contributed by atoms with Crippen LogP contribution in [-0.4, -0.2) is 54.6 Å². The molecular formula is C28H33NO6. The highest BCUT2D eigenvalue weighted by atomic mass is 16.6. The molecule has 3 aromatic carbocycles. The molecule has 0 aliphatic carbocycles. The zero-order valence-electron chi connectivity index (χ0n) is 19.9. The molecule has 0 radical (unpaired) electrons. The first-order valence-corrected chi connectivity index (χ1v) is 11.5. The van der Waals surface area contributed by atoms with Crippen molar-refractivity contribution in [2.75, 3.05) is 20.3 Å². The second-order valence-corrected chi connectivity index (χ2v) is 7.97. The summed E-state index contributed by atoms with van der Waals surface area (Å²) < 4.78 is 18.1. The number of hydrogen-bond acceptors (Lipinski definition) is 7. The summed E-state index contributed by atoms with van der Waals surface area (Å²) in [6.07, 6.45) is -2.81. The first-order valence-electron chi connectivity index (χ1n) is 11.5. The van der Waals surface area contributed by atoms with Crippen LogP contribution in [0.3, 0.4) is 0 Å². The molecule has 2 N–H and O–H groups in total. The van der Waals surface area contributed by atoms with E-state index in [9.17, 15) is 10.2 Å². The summed E-state index contributed by atoms with van der Waals surface area (Å²) >= 11 is 0. The molecule has 3 atom stereocenters. The summed E-state index contributed by atoms with van der Waals surface area (Å²) in [4.78, 5) is 4.94. The number of rotatable bonds is 15. The molecule has 0 aliphatic heterocycles. The number of hydrogen-bond donors (Lipinski definition) is 2. The minimum absolute atomic E-state index is 0.00520. The average Bonchev–Trinajstić information content (AvgIpc) is 2.91. The predicted octanol–water partition coefficient (Wildman–Crippen LogP) is 3.73. The third kappa shape index (κ3) is 8.90. The number of aliphatic hydroxyl groups excluding tert-OH is 2. The lowest BCUT2D eigenvalue weighted by molar-refractivity contribution is -0.129. The molecule has 0 spiro atoms. The summed E-state index contributed by atoms with van der Waals surface area (Å²) in [6.45, 7) is 0.397. The van der Waals surface area contributed by atoms with Gasteiger partial charge in [0.2, 0.25) is 0 Å². The molecule has 0 fully saturated rings. The van der Waals surface area contributed by atoms with Gasteiger partial charge in [0.25, 0.3) is 0 Å². The van der Waals surface area contributed by atoms with Gasteiger partial charge in [0.05, 0.1) is 33.0 Å². The molecule has 0 aliphatic rings. The Kier molecular flexibility index (Phi) is 11.4. The fraction of sp³-hybridized carbons (Fsp3) is 0.321. The second-order valence-electron chi connectivity index (χ2n) is 7.97. The summed E-state index contributed by atoms with van der Waals surface area (Å²) in [5, 5.41) is 25.1. The van der Waals surface area contributed by atoms with Crippen molar-refractivity contribution in [1.82, 2.24) is 0 Å². The fourth-order valence-electron chi connectivity index (χ4n) is 3.56. The SMILES string of the molecule is CO/N=C(/CO)C(OCc1ccccc1)C(OCc1ccccc1)C(O)COCc1ccccc1. The Labute approximate surface area is 206 Å². The van der Waals surface area contributed by atoms with Crippen molar-refractivity contribution in [3.8, 4) is 0 Å². The van der Waals surface area contributed by atoms with E-state index >= 15 is 0 Å². The van der Waals surface area contributed by atoms with Crippen LogP contribution in [0.2, 0.25) is 0 Å². The molecule has 0 saturated heterocycles. The Morgan fingerprint density at radius 3 is 1.71 bits per heavy atom. The molecule has 0 amide bonds. The summed E-state index contributed by atoms with van der Waals surface area (Å²) in [6, 6.07) is 29.0. The predicted molar refractivity (Wildman–Crippen MR) is 134 cm³/mol. The van der Waals surface area contributed by atoms with Gasteiger partial charge in [-0.1, -0.05) is 96.2 Å². The highest BCUT2D eigenvalue weighted by Crippen LogP contribution is 2.18. The van der Waals surface area contributed by atoms with Gasteiger partial charge in [-0.2, -0.15) is 0 Å². The lowest BCUT2D eigenvalue weighted by Crippen LogP contribution is -2.48. The molecule has 35 heavy (non-hydrogen) atoms. The quantitative estimate of drug-likeness (QED) is 0.255. The van der Waals surface area contributed by atoms with Gasteiger partial charge in [-0.15, -0.1) is 0 Å². The normalized spacial score (nSPS) is 14.3. The van der Waals surface area contributed by atoms with E-state index in [0.29, 0.717) is 6.61 Å². The van der Waals surface area contributed by atoms with Crippen molar-refractivity contribution >= 4 is 5.71 Å². The molecule has 186 valence electrons. The van der Waals surface area contributed by atoms with Gasteiger partial charge in [-0.05, 0) is 16.7 Å². The third-order valence-corrected chi connectivity index (χ3v) is 5.33. The van der Waals surface area contributed by atoms with Gasteiger partial charge in [0.1, 0.15) is 31.1 Å². The van der Waals surface area contributed by atoms with E-state index in [2.05, 4.69) is 5.16 Å². The maximum absolute atomic E-state index is 11.1. The molecule has 3 rings (SSSR count). The van der Waals surface area contributed by atoms with E-state index in [0.717, 1.165) is 16.7 Å². The van der Waals surface area contributed by atoms with Crippen molar-refractivity contribution in [2.45, 2.75) is 38.1 Å². The van der Waals surface area contributed by atoms with Crippen molar-refractivity contribution in [2.24, 2.45) is 5.16 Å². The van der Waals surface area contributed by atoms with Gasteiger partial charge in [-0.3, -0.25) is 0 Å². The second kappa shape index (κ2) is 15.0. The van der Waals surface area contributed by atoms with Gasteiger partial charge in [-0.25, -0.2) is 0 Å². The van der Waals surface area contributed by atoms with Crippen LogP contribution in [-0.2, 0) is 38.9 Å². The average molecular weight is 480 g/mol. The van der Waals surface area contributed by atoms with Crippen LogP contribution in [0.5, 0.6) is 0 Å². The van der Waals surface area contributed by atoms with Crippen molar-refractivity contribution in [3.05, 3.63) is 108 Å². The fourth-order valence-corrected chi connectivity index (χ4v) is 3.56. The van der Waals surface area contributed by atoms with Crippen LogP contribution >= 0.6 is 0 Å². The monoisotopic (exact) mass is 479 g/mol. The van der Waals surface area contributed by atoms with Crippen molar-refractivity contribution in [3.63, 3.8) is 0 Å². The smallest absolute Gasteiger partial charge is 0.130 e. The number of ether oxygens (including phenoxy) is 3. The number of aliphatic hydroxyl groups is 2. The molecule has 0 aromatic heterocycles. The maximum Gasteiger partial charge on any atom is 0.130 e. The Morgan fingerprint density at radius 2 is 1.23 bits per heavy atom. The van der Waals surface area contributed by atoms with Crippen molar-refractivity contribution < 1.29 is 29.3 Å². The van der Waals surface area contributed by atoms with Crippen LogP contribution < -0.4 is 0 Å². The highest BCUT2D eigenvalue weighted by molar-refractivity contribution is 5.90. The molecule has 0 bridgehead atoms. The highest BCUT2D eigenvalue weighted by Gasteiger charge is 2.34. The molecule has 7 nitrogen and oxygen atoms in total. The Morgan fingerprint density at radius 1 is 0.743 bits per heavy atom. The Bertz CT molecular complexity index is 984. The van der Waals surface area contributed by atoms with E-state index < -0.39 is 24.9 Å². The molecular weight excluding hydrogens is 446 g/mol. The lowest BCUT2D eigenvalue weighted by Gasteiger charge is -2.31. The van der Waals surface area contributed by atoms with E-state index in [1.807, 2.05) is 91.0 Å². The Balaban J connectivity index is 1.77. The van der Waals surface area contributed by atoms with E-state index in [-0.39, 0.29) is 25.5 Å². The van der Waals surface area contributed by atoms with Crippen LogP contribution in [0, 0.1) is 0 Å². The number of nitrogens with zero attached hydrogens (tertiary/aromatic N) is 1. The van der Waals surface area contributed by atoms with Gasteiger partial charge < -0.3 is 29.3 Å². The zero-order chi connectivity index (χ0) is 24.7.